The quantitative estimate of drug-likeness (QED) is 0.425. The Balaban J connectivity index is 1.78. The van der Waals surface area contributed by atoms with Crippen LogP contribution in [0.15, 0.2) is 58.7 Å². The minimum Gasteiger partial charge on any atom is -0.493 e. The zero-order chi connectivity index (χ0) is 25.6. The second-order valence-corrected chi connectivity index (χ2v) is 9.13. The minimum atomic E-state index is -0.618. The molecule has 2 aromatic heterocycles. The van der Waals surface area contributed by atoms with Crippen LogP contribution >= 0.6 is 22.9 Å². The molecule has 0 saturated heterocycles. The van der Waals surface area contributed by atoms with Crippen molar-refractivity contribution in [2.45, 2.75) is 5.92 Å². The molecule has 0 saturated carbocycles. The van der Waals surface area contributed by atoms with Gasteiger partial charge >= 0.3 is 0 Å². The fourth-order valence-corrected chi connectivity index (χ4v) is 5.41. The first-order valence-corrected chi connectivity index (χ1v) is 11.7. The minimum absolute atomic E-state index is 0.124. The lowest BCUT2D eigenvalue weighted by Crippen LogP contribution is -2.24. The molecule has 1 aliphatic heterocycles. The first-order valence-electron chi connectivity index (χ1n) is 10.5. The van der Waals surface area contributed by atoms with Crippen LogP contribution in [-0.4, -0.2) is 23.6 Å². The van der Waals surface area contributed by atoms with E-state index in [9.17, 15) is 15.3 Å². The molecule has 178 valence electrons. The summed E-state index contributed by atoms with van der Waals surface area (Å²) in [5, 5.41) is 20.3. The highest BCUT2D eigenvalue weighted by Gasteiger charge is 2.36. The number of nitrogens with two attached hydrogens (primary N) is 1. The third kappa shape index (κ3) is 3.52. The monoisotopic (exact) mass is 517 g/mol. The average molecular weight is 518 g/mol. The molecule has 3 heterocycles. The van der Waals surface area contributed by atoms with E-state index >= 15 is 0 Å². The molecule has 0 bridgehead atoms. The number of hydrogen-bond acceptors (Lipinski definition) is 9. The Morgan fingerprint density at radius 3 is 2.47 bits per heavy atom. The van der Waals surface area contributed by atoms with Gasteiger partial charge in [0.1, 0.15) is 23.3 Å². The number of nitrogens with zero attached hydrogens (tertiary/aromatic N) is 4. The van der Waals surface area contributed by atoms with Gasteiger partial charge in [0.25, 0.3) is 5.56 Å². The van der Waals surface area contributed by atoms with Gasteiger partial charge in [0.15, 0.2) is 11.5 Å². The van der Waals surface area contributed by atoms with E-state index in [1.165, 1.54) is 30.0 Å². The van der Waals surface area contributed by atoms with Crippen LogP contribution in [0.5, 0.6) is 17.4 Å². The maximum Gasteiger partial charge on any atom is 0.280 e. The number of fused-ring (bicyclic) bond motifs is 3. The second kappa shape index (κ2) is 8.93. The second-order valence-electron chi connectivity index (χ2n) is 7.69. The molecule has 0 radical (unpaired) electrons. The van der Waals surface area contributed by atoms with Crippen LogP contribution < -0.4 is 25.5 Å². The van der Waals surface area contributed by atoms with Crippen LogP contribution in [0.1, 0.15) is 21.9 Å². The fraction of sp³-hybridized carbons (Fsp3) is 0.120. The molecule has 0 fully saturated rings. The molecular weight excluding hydrogens is 502 g/mol. The molecule has 11 heteroatoms. The van der Waals surface area contributed by atoms with E-state index in [2.05, 4.69) is 11.1 Å². The van der Waals surface area contributed by atoms with Crippen molar-refractivity contribution in [2.75, 3.05) is 14.2 Å². The summed E-state index contributed by atoms with van der Waals surface area (Å²) in [5.41, 5.74) is 6.93. The standard InChI is InChI=1S/C25H16ClN5O4S/c1-33-17-8-5-13(9-18(17)34-2)20-16(11-28)23(32)31-24-21(36-25(31)30-20)19(15(10-27)22(29)35-24)12-3-6-14(26)7-4-12/h3-9,19H,29H2,1-2H3/t19-/m1/s1. The highest BCUT2D eigenvalue weighted by molar-refractivity contribution is 7.17. The zero-order valence-corrected chi connectivity index (χ0v) is 20.5. The Morgan fingerprint density at radius 1 is 1.11 bits per heavy atom. The lowest BCUT2D eigenvalue weighted by Gasteiger charge is -2.23. The third-order valence-corrected chi connectivity index (χ3v) is 7.12. The van der Waals surface area contributed by atoms with Crippen LogP contribution in [0, 0.1) is 22.7 Å². The molecule has 0 unspecified atom stereocenters. The summed E-state index contributed by atoms with van der Waals surface area (Å²) < 4.78 is 17.6. The van der Waals surface area contributed by atoms with E-state index in [0.29, 0.717) is 27.0 Å². The molecular formula is C25H16ClN5O4S. The molecule has 2 N–H and O–H groups in total. The number of benzene rings is 2. The number of nitriles is 2. The molecule has 9 nitrogen and oxygen atoms in total. The fourth-order valence-electron chi connectivity index (χ4n) is 4.10. The molecule has 0 aliphatic carbocycles. The average Bonchev–Trinajstić information content (AvgIpc) is 3.26. The number of methoxy groups -OCH3 is 2. The molecule has 0 spiro atoms. The van der Waals surface area contributed by atoms with Gasteiger partial charge in [0.2, 0.25) is 16.7 Å². The van der Waals surface area contributed by atoms with Gasteiger partial charge in [-0.15, -0.1) is 0 Å². The highest BCUT2D eigenvalue weighted by atomic mass is 35.5. The maximum atomic E-state index is 13.5. The Bertz CT molecular complexity index is 1710. The van der Waals surface area contributed by atoms with E-state index in [1.807, 2.05) is 6.07 Å². The number of halogens is 1. The largest absolute Gasteiger partial charge is 0.493 e. The zero-order valence-electron chi connectivity index (χ0n) is 18.9. The first kappa shape index (κ1) is 23.2. The lowest BCUT2D eigenvalue weighted by atomic mass is 9.89. The van der Waals surface area contributed by atoms with E-state index < -0.39 is 11.5 Å². The summed E-state index contributed by atoms with van der Waals surface area (Å²) in [6, 6.07) is 16.1. The Kier molecular flexibility index (Phi) is 5.77. The Hall–Kier alpha value is -4.51. The van der Waals surface area contributed by atoms with Crippen molar-refractivity contribution in [3.8, 4) is 40.8 Å². The number of rotatable bonds is 4. The predicted molar refractivity (Wildman–Crippen MR) is 133 cm³/mol. The van der Waals surface area contributed by atoms with Crippen LogP contribution in [-0.2, 0) is 0 Å². The van der Waals surface area contributed by atoms with Crippen molar-refractivity contribution in [1.29, 1.82) is 10.5 Å². The van der Waals surface area contributed by atoms with Crippen LogP contribution in [0.4, 0.5) is 0 Å². The topological polar surface area (TPSA) is 136 Å². The number of hydrogen-bond donors (Lipinski definition) is 1. The van der Waals surface area contributed by atoms with Gasteiger partial charge in [-0.3, -0.25) is 4.79 Å². The summed E-state index contributed by atoms with van der Waals surface area (Å²) in [5.74, 6) is 0.317. The molecule has 1 aliphatic rings. The number of allylic oxidation sites excluding steroid dienone is 1. The number of aromatic nitrogens is 2. The summed E-state index contributed by atoms with van der Waals surface area (Å²) in [6.45, 7) is 0. The predicted octanol–water partition coefficient (Wildman–Crippen LogP) is 4.18. The summed E-state index contributed by atoms with van der Waals surface area (Å²) in [4.78, 5) is 19.0. The normalized spacial score (nSPS) is 14.5. The summed E-state index contributed by atoms with van der Waals surface area (Å²) in [7, 11) is 3.00. The summed E-state index contributed by atoms with van der Waals surface area (Å²) in [6.07, 6.45) is 0. The van der Waals surface area contributed by atoms with E-state index in [4.69, 9.17) is 31.5 Å². The van der Waals surface area contributed by atoms with Gasteiger partial charge in [-0.05, 0) is 35.9 Å². The number of ether oxygens (including phenoxy) is 3. The third-order valence-electron chi connectivity index (χ3n) is 5.78. The van der Waals surface area contributed by atoms with Crippen molar-refractivity contribution in [3.05, 3.63) is 85.3 Å². The molecule has 36 heavy (non-hydrogen) atoms. The lowest BCUT2D eigenvalue weighted by molar-refractivity contribution is 0.355. The SMILES string of the molecule is COc1ccc(-c2nc3sc4c(n3c(=O)c2C#N)OC(N)=C(C#N)[C@H]4c2ccc(Cl)cc2)cc1OC. The number of thiazole rings is 1. The molecule has 5 rings (SSSR count). The smallest absolute Gasteiger partial charge is 0.280 e. The van der Waals surface area contributed by atoms with Crippen molar-refractivity contribution in [3.63, 3.8) is 0 Å². The molecule has 0 amide bonds. The van der Waals surface area contributed by atoms with Gasteiger partial charge in [-0.2, -0.15) is 10.5 Å². The van der Waals surface area contributed by atoms with E-state index in [0.717, 1.165) is 5.56 Å². The van der Waals surface area contributed by atoms with Crippen LogP contribution in [0.25, 0.3) is 16.2 Å². The van der Waals surface area contributed by atoms with Gasteiger partial charge in [0, 0.05) is 10.6 Å². The summed E-state index contributed by atoms with van der Waals surface area (Å²) >= 11 is 7.23. The Labute approximate surface area is 213 Å². The van der Waals surface area contributed by atoms with Crippen LogP contribution in [0.3, 0.4) is 0 Å². The van der Waals surface area contributed by atoms with Gasteiger partial charge < -0.3 is 19.9 Å². The van der Waals surface area contributed by atoms with E-state index in [-0.39, 0.29) is 33.6 Å². The van der Waals surface area contributed by atoms with Crippen molar-refractivity contribution in [1.82, 2.24) is 9.38 Å². The van der Waals surface area contributed by atoms with Crippen molar-refractivity contribution in [2.24, 2.45) is 5.73 Å². The van der Waals surface area contributed by atoms with Crippen molar-refractivity contribution >= 4 is 27.9 Å². The maximum absolute atomic E-state index is 13.5. The first-order chi connectivity index (χ1) is 17.4. The van der Waals surface area contributed by atoms with Gasteiger partial charge in [-0.25, -0.2) is 9.38 Å². The van der Waals surface area contributed by atoms with Crippen LogP contribution in [0.2, 0.25) is 5.02 Å². The highest BCUT2D eigenvalue weighted by Crippen LogP contribution is 2.46. The van der Waals surface area contributed by atoms with Crippen molar-refractivity contribution < 1.29 is 14.2 Å². The van der Waals surface area contributed by atoms with Gasteiger partial charge in [0.05, 0.1) is 30.7 Å². The molecule has 2 aromatic carbocycles. The molecule has 1 atom stereocenters. The Morgan fingerprint density at radius 2 is 1.83 bits per heavy atom. The molecule has 4 aromatic rings. The van der Waals surface area contributed by atoms with Gasteiger partial charge in [-0.1, -0.05) is 35.1 Å². The van der Waals surface area contributed by atoms with E-state index in [1.54, 1.807) is 42.5 Å².